The maximum absolute atomic E-state index is 12.1. The van der Waals surface area contributed by atoms with Crippen LogP contribution in [0.1, 0.15) is 31.9 Å². The number of aliphatic hydroxyl groups is 3. The van der Waals surface area contributed by atoms with Gasteiger partial charge in [0.25, 0.3) is 0 Å². The maximum Gasteiger partial charge on any atom is 0.470 e. The summed E-state index contributed by atoms with van der Waals surface area (Å²) in [7, 11) is -16.3. The molecule has 4 heterocycles. The van der Waals surface area contributed by atoms with Crippen LogP contribution >= 0.6 is 23.5 Å². The fourth-order valence-corrected chi connectivity index (χ4v) is 7.47. The van der Waals surface area contributed by atoms with Gasteiger partial charge in [0.1, 0.15) is 49.1 Å². The lowest BCUT2D eigenvalue weighted by Crippen LogP contribution is -2.61. The van der Waals surface area contributed by atoms with Gasteiger partial charge in [-0.15, -0.1) is 0 Å². The van der Waals surface area contributed by atoms with Gasteiger partial charge in [0.2, 0.25) is 0 Å². The van der Waals surface area contributed by atoms with Crippen molar-refractivity contribution >= 4 is 40.4 Å². The Labute approximate surface area is 264 Å². The number of anilines is 1. The van der Waals surface area contributed by atoms with Gasteiger partial charge in [-0.2, -0.15) is 0 Å². The molecule has 23 nitrogen and oxygen atoms in total. The van der Waals surface area contributed by atoms with E-state index in [-0.39, 0.29) is 17.2 Å². The van der Waals surface area contributed by atoms with Crippen molar-refractivity contribution in [3.63, 3.8) is 0 Å². The number of imidazole rings is 1. The summed E-state index contributed by atoms with van der Waals surface area (Å²) in [6.07, 6.45) is -11.1. The number of phosphoric ester groups is 3. The lowest BCUT2D eigenvalue weighted by atomic mass is 9.99. The van der Waals surface area contributed by atoms with E-state index < -0.39 is 91.9 Å². The number of nitrogens with zero attached hydrogens (tertiary/aromatic N) is 4. The van der Waals surface area contributed by atoms with E-state index in [1.54, 1.807) is 0 Å². The minimum atomic E-state index is -5.52. The van der Waals surface area contributed by atoms with E-state index in [0.29, 0.717) is 5.82 Å². The van der Waals surface area contributed by atoms with Crippen LogP contribution in [0.2, 0.25) is 0 Å². The Morgan fingerprint density at radius 1 is 0.809 bits per heavy atom. The molecular weight excluding hydrogens is 703 g/mol. The summed E-state index contributed by atoms with van der Waals surface area (Å²) >= 11 is 0. The topological polar surface area (TPSA) is 344 Å². The predicted octanol–water partition coefficient (Wildman–Crippen LogP) is -2.03. The lowest BCUT2D eigenvalue weighted by molar-refractivity contribution is -0.313. The quantitative estimate of drug-likeness (QED) is 0.0990. The highest BCUT2D eigenvalue weighted by atomic mass is 31.2. The van der Waals surface area contributed by atoms with Gasteiger partial charge in [0.15, 0.2) is 29.5 Å². The van der Waals surface area contributed by atoms with E-state index in [0.717, 1.165) is 25.7 Å². The van der Waals surface area contributed by atoms with E-state index in [9.17, 15) is 58.4 Å². The third kappa shape index (κ3) is 8.79. The van der Waals surface area contributed by atoms with Crippen LogP contribution in [0.3, 0.4) is 0 Å². The summed E-state index contributed by atoms with van der Waals surface area (Å²) < 4.78 is 67.7. The third-order valence-electron chi connectivity index (χ3n) is 7.66. The van der Waals surface area contributed by atoms with Crippen LogP contribution < -0.4 is 5.32 Å². The van der Waals surface area contributed by atoms with Gasteiger partial charge in [-0.05, 0) is 12.8 Å². The van der Waals surface area contributed by atoms with E-state index in [1.807, 2.05) is 0 Å². The Balaban J connectivity index is 1.47. The summed E-state index contributed by atoms with van der Waals surface area (Å²) in [6, 6.07) is 0.137. The average molecular weight is 737 g/mol. The van der Waals surface area contributed by atoms with E-state index in [4.69, 9.17) is 18.7 Å². The van der Waals surface area contributed by atoms with Crippen LogP contribution in [0.25, 0.3) is 11.2 Å². The van der Waals surface area contributed by atoms with Crippen molar-refractivity contribution in [2.45, 2.75) is 87.0 Å². The number of hydrogen-bond donors (Lipinski definition) is 10. The Hall–Kier alpha value is -1.56. The van der Waals surface area contributed by atoms with Gasteiger partial charge in [-0.1, -0.05) is 12.8 Å². The molecule has 0 spiro atoms. The molecule has 0 bridgehead atoms. The van der Waals surface area contributed by atoms with Gasteiger partial charge < -0.3 is 64.2 Å². The first-order valence-corrected chi connectivity index (χ1v) is 18.6. The molecule has 0 aromatic carbocycles. The zero-order chi connectivity index (χ0) is 34.3. The fourth-order valence-electron chi connectivity index (χ4n) is 5.79. The molecule has 26 heteroatoms. The molecule has 3 aliphatic rings. The molecule has 0 radical (unpaired) electrons. The molecule has 1 aliphatic carbocycles. The summed E-state index contributed by atoms with van der Waals surface area (Å²) in [5, 5.41) is 34.3. The Morgan fingerprint density at radius 3 is 1.98 bits per heavy atom. The van der Waals surface area contributed by atoms with E-state index in [1.165, 1.54) is 17.2 Å². The van der Waals surface area contributed by atoms with E-state index in [2.05, 4.69) is 29.3 Å². The van der Waals surface area contributed by atoms with Crippen molar-refractivity contribution < 1.29 is 86.2 Å². The van der Waals surface area contributed by atoms with Crippen molar-refractivity contribution in [3.05, 3.63) is 12.7 Å². The number of phosphoric acid groups is 3. The number of aromatic nitrogens is 4. The van der Waals surface area contributed by atoms with Gasteiger partial charge in [0.05, 0.1) is 19.5 Å². The van der Waals surface area contributed by atoms with Gasteiger partial charge in [-0.25, -0.2) is 28.6 Å². The molecule has 10 N–H and O–H groups in total. The molecule has 2 aliphatic heterocycles. The maximum atomic E-state index is 12.1. The molecule has 5 rings (SSSR count). The standard InChI is InChI=1S/C21H34N5O18P3/c27-5-10-14(41-21-13(29)16(43-46(33,34)35)15(11(6-28)40-21)42-45(30,31)32)17(44-47(36,37)38)20(39-10)26-8-24-12-18(22-7-23-19(12)26)25-9-3-1-2-4-9/h7-11,13-17,20-21,27-29H,1-6H2,(H,22,23,25)(H2,30,31,32)(H2,33,34,35)(H2,36,37,38)/t10-,11-,13-,14-,15-,16-,17-,20-,21-/m1/s1. The minimum absolute atomic E-state index is 0.129. The summed E-state index contributed by atoms with van der Waals surface area (Å²) in [4.78, 5) is 69.8. The fraction of sp³-hybridized carbons (Fsp3) is 0.762. The van der Waals surface area contributed by atoms with Crippen LogP contribution in [0.4, 0.5) is 5.82 Å². The van der Waals surface area contributed by atoms with Gasteiger partial charge >= 0.3 is 23.5 Å². The zero-order valence-electron chi connectivity index (χ0n) is 24.0. The highest BCUT2D eigenvalue weighted by Crippen LogP contribution is 2.49. The molecular formula is C21H34N5O18P3. The second-order valence-electron chi connectivity index (χ2n) is 10.9. The largest absolute Gasteiger partial charge is 0.470 e. The molecule has 47 heavy (non-hydrogen) atoms. The molecule has 2 saturated heterocycles. The second-order valence-corrected chi connectivity index (χ2v) is 14.5. The van der Waals surface area contributed by atoms with Crippen LogP contribution in [0, 0.1) is 0 Å². The van der Waals surface area contributed by atoms with Gasteiger partial charge in [0, 0.05) is 6.04 Å². The molecule has 2 aromatic rings. The van der Waals surface area contributed by atoms with Crippen molar-refractivity contribution in [3.8, 4) is 0 Å². The first-order chi connectivity index (χ1) is 22.0. The van der Waals surface area contributed by atoms with Crippen molar-refractivity contribution in [2.75, 3.05) is 18.5 Å². The highest BCUT2D eigenvalue weighted by Gasteiger charge is 2.56. The predicted molar refractivity (Wildman–Crippen MR) is 150 cm³/mol. The van der Waals surface area contributed by atoms with Crippen LogP contribution in [-0.4, -0.2) is 132 Å². The van der Waals surface area contributed by atoms with Crippen LogP contribution in [0.5, 0.6) is 0 Å². The monoisotopic (exact) mass is 737 g/mol. The van der Waals surface area contributed by atoms with Crippen molar-refractivity contribution in [1.29, 1.82) is 0 Å². The number of nitrogens with one attached hydrogen (secondary N) is 1. The number of rotatable bonds is 13. The number of hydrogen-bond acceptors (Lipinski definition) is 16. The Morgan fingerprint density at radius 2 is 1.38 bits per heavy atom. The Bertz CT molecular complexity index is 1530. The number of fused-ring (bicyclic) bond motifs is 1. The summed E-state index contributed by atoms with van der Waals surface area (Å²) in [5.74, 6) is 0.384. The zero-order valence-corrected chi connectivity index (χ0v) is 26.7. The summed E-state index contributed by atoms with van der Waals surface area (Å²) in [6.45, 7) is -2.00. The molecule has 3 fully saturated rings. The number of ether oxygens (including phenoxy) is 3. The van der Waals surface area contributed by atoms with E-state index >= 15 is 0 Å². The lowest BCUT2D eigenvalue weighted by Gasteiger charge is -2.44. The normalized spacial score (nSPS) is 32.7. The number of aliphatic hydroxyl groups excluding tert-OH is 3. The molecule has 0 unspecified atom stereocenters. The first-order valence-electron chi connectivity index (χ1n) is 14.0. The SMILES string of the molecule is O=P(O)(O)O[C@@H]1[C@@H](O)[C@@H](O[C@H]2[C@@H](OP(=O)(O)O)[C@H](n3cnc4c(NC5CCCC5)ncnc43)O[C@@H]2CO)O[C@H](CO)[C@H]1OP(=O)(O)O. The average Bonchev–Trinajstić information content (AvgIpc) is 3.70. The summed E-state index contributed by atoms with van der Waals surface area (Å²) in [5.41, 5.74) is 0.400. The van der Waals surface area contributed by atoms with Crippen LogP contribution in [-0.2, 0) is 41.5 Å². The highest BCUT2D eigenvalue weighted by molar-refractivity contribution is 7.46. The molecule has 9 atom stereocenters. The van der Waals surface area contributed by atoms with Crippen molar-refractivity contribution in [2.24, 2.45) is 0 Å². The van der Waals surface area contributed by atoms with Crippen LogP contribution in [0.15, 0.2) is 12.7 Å². The Kier molecular flexibility index (Phi) is 11.2. The van der Waals surface area contributed by atoms with Crippen molar-refractivity contribution in [1.82, 2.24) is 19.5 Å². The smallest absolute Gasteiger partial charge is 0.394 e. The third-order valence-corrected chi connectivity index (χ3v) is 9.21. The molecule has 1 saturated carbocycles. The molecule has 0 amide bonds. The molecule has 266 valence electrons. The minimum Gasteiger partial charge on any atom is -0.394 e. The van der Waals surface area contributed by atoms with Gasteiger partial charge in [-0.3, -0.25) is 18.1 Å². The second kappa shape index (κ2) is 14.4. The first kappa shape index (κ1) is 36.7. The molecule has 2 aromatic heterocycles.